The number of nitrogens with one attached hydrogen (secondary N) is 1. The number of carbonyl (C=O) groups excluding carboxylic acids is 6. The van der Waals surface area contributed by atoms with Crippen LogP contribution in [0.1, 0.15) is 113 Å². The number of hydrogen-bond acceptors (Lipinski definition) is 17. The molecule has 2 fully saturated rings. The second kappa shape index (κ2) is 32.2. The molecule has 6 heterocycles. The van der Waals surface area contributed by atoms with E-state index in [1.54, 1.807) is 46.5 Å². The molecule has 4 aromatic heterocycles. The van der Waals surface area contributed by atoms with Crippen LogP contribution in [0.4, 0.5) is 0 Å². The lowest BCUT2D eigenvalue weighted by Gasteiger charge is -2.29. The zero-order valence-corrected chi connectivity index (χ0v) is 54.8. The Bertz CT molecular complexity index is 3780. The molecule has 3 amide bonds. The standard InChI is InChI=1S/C34H34N4O4S2.C30H27N3O3S2.C6H12O2/c1-4-19-42-25-15-13-24(14-16-25)30(36-31(40)22(3)5-2)34(41)38-18-9-12-26(38)27(39)21-28-29(23-10-7-6-8-11-23)37-33(44-28)32-35-17-20-43-32;1-3-17-36-23-13-11-21(12-14-23)20(2)30(35)33-16-7-10-24(33)25(34)19-26-27(22-8-5-4-6-9-22)32-29(38-26)28-31-15-18-37-28;1-5(7)8-6(2,3)4/h1,6-8,10-11,13-17,20,22,26,30H,5,9,12,18-19,21H2,2-3H3,(H,36,40);1,4-6,8-9,11-15,18,20,24H,7,10,16-17,19H2,2H3;1-4H3/t22-,26+,30+;20-,24-;/m10./s1. The number of thiazole rings is 4. The van der Waals surface area contributed by atoms with Crippen molar-refractivity contribution >= 4 is 80.6 Å². The van der Waals surface area contributed by atoms with E-state index in [1.165, 1.54) is 52.3 Å². The maximum absolute atomic E-state index is 14.1. The van der Waals surface area contributed by atoms with E-state index in [4.69, 9.17) is 37.0 Å². The van der Waals surface area contributed by atoms with Crippen LogP contribution in [0.3, 0.4) is 0 Å². The molecular formula is C70H73N7O9S4. The monoisotopic (exact) mass is 1280 g/mol. The minimum atomic E-state index is -0.939. The zero-order chi connectivity index (χ0) is 64.3. The third-order valence-corrected chi connectivity index (χ3v) is 18.8. The van der Waals surface area contributed by atoms with E-state index in [2.05, 4.69) is 27.1 Å². The van der Waals surface area contributed by atoms with E-state index in [-0.39, 0.29) is 78.7 Å². The molecule has 16 nitrogen and oxygen atoms in total. The average Bonchev–Trinajstić information content (AvgIpc) is 1.75. The molecule has 0 bridgehead atoms. The second-order valence-electron chi connectivity index (χ2n) is 22.5. The number of Topliss-reactive ketones (excluding diaryl/α,β-unsaturated/α-hetero) is 2. The quantitative estimate of drug-likeness (QED) is 0.0527. The molecule has 4 aromatic carbocycles. The summed E-state index contributed by atoms with van der Waals surface area (Å²) in [5.74, 6) is 4.69. The lowest BCUT2D eigenvalue weighted by molar-refractivity contribution is -0.152. The normalized spacial score (nSPS) is 15.3. The van der Waals surface area contributed by atoms with Gasteiger partial charge in [0.05, 0.1) is 29.4 Å². The predicted molar refractivity (Wildman–Crippen MR) is 356 cm³/mol. The molecule has 10 rings (SSSR count). The van der Waals surface area contributed by atoms with Crippen molar-refractivity contribution in [1.82, 2.24) is 35.1 Å². The van der Waals surface area contributed by atoms with Crippen LogP contribution in [0.5, 0.6) is 11.5 Å². The fourth-order valence-electron chi connectivity index (χ4n) is 10.3. The molecule has 2 aliphatic heterocycles. The van der Waals surface area contributed by atoms with Crippen molar-refractivity contribution in [2.24, 2.45) is 5.92 Å². The molecule has 1 N–H and O–H groups in total. The first-order valence-corrected chi connectivity index (χ1v) is 33.1. The van der Waals surface area contributed by atoms with Crippen LogP contribution in [0.2, 0.25) is 0 Å². The first kappa shape index (κ1) is 67.3. The predicted octanol–water partition coefficient (Wildman–Crippen LogP) is 13.2. The number of amides is 3. The molecule has 5 atom stereocenters. The Labute approximate surface area is 542 Å². The molecule has 2 aliphatic rings. The van der Waals surface area contributed by atoms with Crippen LogP contribution in [-0.4, -0.2) is 109 Å². The lowest BCUT2D eigenvalue weighted by atomic mass is 9.98. The van der Waals surface area contributed by atoms with Gasteiger partial charge < -0.3 is 29.3 Å². The van der Waals surface area contributed by atoms with Crippen LogP contribution < -0.4 is 14.8 Å². The maximum atomic E-state index is 14.1. The number of carbonyl (C=O) groups is 6. The van der Waals surface area contributed by atoms with Crippen molar-refractivity contribution in [3.8, 4) is 78.7 Å². The summed E-state index contributed by atoms with van der Waals surface area (Å²) >= 11 is 6.01. The van der Waals surface area contributed by atoms with Crippen LogP contribution in [0.25, 0.3) is 42.5 Å². The summed E-state index contributed by atoms with van der Waals surface area (Å²) in [7, 11) is 0. The third-order valence-electron chi connectivity index (χ3n) is 14.9. The summed E-state index contributed by atoms with van der Waals surface area (Å²) in [6, 6.07) is 32.1. The van der Waals surface area contributed by atoms with Gasteiger partial charge in [0.2, 0.25) is 17.7 Å². The number of hydrogen-bond donors (Lipinski definition) is 1. The topological polar surface area (TPSA) is 200 Å². The van der Waals surface area contributed by atoms with Crippen molar-refractivity contribution in [3.05, 3.63) is 153 Å². The van der Waals surface area contributed by atoms with Gasteiger partial charge in [-0.05, 0) is 95.2 Å². The van der Waals surface area contributed by atoms with Crippen LogP contribution in [0, 0.1) is 30.6 Å². The first-order valence-electron chi connectivity index (χ1n) is 29.7. The molecule has 90 heavy (non-hydrogen) atoms. The molecule has 0 unspecified atom stereocenters. The Morgan fingerprint density at radius 3 is 1.47 bits per heavy atom. The van der Waals surface area contributed by atoms with E-state index >= 15 is 0 Å². The van der Waals surface area contributed by atoms with Crippen LogP contribution in [0.15, 0.2) is 132 Å². The van der Waals surface area contributed by atoms with Crippen molar-refractivity contribution < 1.29 is 43.0 Å². The Balaban J connectivity index is 0.000000209. The number of terminal acetylenes is 2. The summed E-state index contributed by atoms with van der Waals surface area (Å²) in [4.78, 5) is 102. The highest BCUT2D eigenvalue weighted by atomic mass is 32.1. The number of nitrogens with zero attached hydrogens (tertiary/aromatic N) is 6. The first-order chi connectivity index (χ1) is 43.4. The number of likely N-dealkylation sites (tertiary alicyclic amines) is 2. The summed E-state index contributed by atoms with van der Waals surface area (Å²) in [6.45, 7) is 13.9. The van der Waals surface area contributed by atoms with Crippen molar-refractivity contribution in [3.63, 3.8) is 0 Å². The van der Waals surface area contributed by atoms with Gasteiger partial charge >= 0.3 is 5.97 Å². The molecule has 20 heteroatoms. The highest BCUT2D eigenvalue weighted by molar-refractivity contribution is 7.21. The third kappa shape index (κ3) is 18.0. The SMILES string of the molecule is C#CCOc1ccc([C@H](C)C(=O)N2CCC[C@H]2C(=O)Cc2sc(-c3nccs3)nc2-c2ccccc2)cc1.C#CCOc1ccc([C@H](NC(=O)[C@H](C)CC)C(=O)N2CCC[C@H]2C(=O)Cc2sc(-c3nccs3)nc2-c2ccccc2)cc1.CC(=O)OC(C)(C)C. The molecule has 0 radical (unpaired) electrons. The fourth-order valence-corrected chi connectivity index (χ4v) is 13.9. The van der Waals surface area contributed by atoms with Crippen molar-refractivity contribution in [2.45, 2.75) is 123 Å². The maximum Gasteiger partial charge on any atom is 0.303 e. The van der Waals surface area contributed by atoms with Gasteiger partial charge in [-0.25, -0.2) is 19.9 Å². The molecule has 2 saturated heterocycles. The number of esters is 1. The number of rotatable bonds is 21. The van der Waals surface area contributed by atoms with Crippen molar-refractivity contribution in [1.29, 1.82) is 0 Å². The Hall–Kier alpha value is -8.66. The fraction of sp³-hybridized carbons (Fsp3) is 0.343. The van der Waals surface area contributed by atoms with Gasteiger partial charge in [-0.3, -0.25) is 28.8 Å². The van der Waals surface area contributed by atoms with Gasteiger partial charge in [0.1, 0.15) is 36.4 Å². The Kier molecular flexibility index (Phi) is 24.1. The summed E-state index contributed by atoms with van der Waals surface area (Å²) in [6.07, 6.45) is 17.8. The smallest absolute Gasteiger partial charge is 0.303 e. The molecule has 0 saturated carbocycles. The molecule has 0 spiro atoms. The van der Waals surface area contributed by atoms with Gasteiger partial charge in [0.15, 0.2) is 31.6 Å². The van der Waals surface area contributed by atoms with Crippen LogP contribution in [-0.2, 0) is 46.3 Å². The highest BCUT2D eigenvalue weighted by Gasteiger charge is 2.40. The number of aromatic nitrogens is 4. The Morgan fingerprint density at radius 1 is 0.633 bits per heavy atom. The van der Waals surface area contributed by atoms with Gasteiger partial charge in [0.25, 0.3) is 0 Å². The zero-order valence-electron chi connectivity index (χ0n) is 51.5. The Morgan fingerprint density at radius 2 is 1.08 bits per heavy atom. The molecule has 0 aliphatic carbocycles. The van der Waals surface area contributed by atoms with E-state index in [9.17, 15) is 28.8 Å². The summed E-state index contributed by atoms with van der Waals surface area (Å²) in [5, 5.41) is 10.0. The van der Waals surface area contributed by atoms with E-state index in [0.29, 0.717) is 55.8 Å². The number of ketones is 2. The summed E-state index contributed by atoms with van der Waals surface area (Å²) in [5.41, 5.74) is 4.63. The van der Waals surface area contributed by atoms with Gasteiger partial charge in [0, 0.05) is 82.8 Å². The molecular weight excluding hydrogens is 1210 g/mol. The average molecular weight is 1280 g/mol. The van der Waals surface area contributed by atoms with Gasteiger partial charge in [-0.15, -0.1) is 58.2 Å². The van der Waals surface area contributed by atoms with Gasteiger partial charge in [-0.2, -0.15) is 0 Å². The summed E-state index contributed by atoms with van der Waals surface area (Å²) < 4.78 is 15.7. The van der Waals surface area contributed by atoms with Crippen molar-refractivity contribution in [2.75, 3.05) is 26.3 Å². The highest BCUT2D eigenvalue weighted by Crippen LogP contribution is 2.39. The largest absolute Gasteiger partial charge is 0.481 e. The minimum absolute atomic E-state index is 0.0331. The van der Waals surface area contributed by atoms with E-state index < -0.39 is 18.1 Å². The molecule has 466 valence electrons. The number of benzene rings is 4. The van der Waals surface area contributed by atoms with Crippen LogP contribution >= 0.6 is 45.3 Å². The second-order valence-corrected chi connectivity index (χ2v) is 26.4. The van der Waals surface area contributed by atoms with Gasteiger partial charge in [-0.1, -0.05) is 111 Å². The number of ether oxygens (including phenoxy) is 3. The lowest BCUT2D eigenvalue weighted by Crippen LogP contribution is -2.48. The van der Waals surface area contributed by atoms with E-state index in [1.807, 2.05) is 137 Å². The molecule has 8 aromatic rings. The van der Waals surface area contributed by atoms with E-state index in [0.717, 1.165) is 64.3 Å². The minimum Gasteiger partial charge on any atom is -0.481 e.